The highest BCUT2D eigenvalue weighted by Gasteiger charge is 2.56. The van der Waals surface area contributed by atoms with Crippen LogP contribution in [0.1, 0.15) is 41.8 Å². The van der Waals surface area contributed by atoms with Gasteiger partial charge >= 0.3 is 30.0 Å². The highest BCUT2D eigenvalue weighted by molar-refractivity contribution is 5.81. The number of aromatic nitrogens is 4. The van der Waals surface area contributed by atoms with E-state index in [0.717, 1.165) is 0 Å². The molecule has 1 fully saturated rings. The molecule has 0 aliphatic carbocycles. The van der Waals surface area contributed by atoms with Crippen LogP contribution >= 0.6 is 0 Å². The molecular weight excluding hydrogens is 585 g/mol. The van der Waals surface area contributed by atoms with Crippen LogP contribution in [0.3, 0.4) is 0 Å². The maximum absolute atomic E-state index is 14.1. The van der Waals surface area contributed by atoms with Gasteiger partial charge in [0.15, 0.2) is 58.3 Å². The van der Waals surface area contributed by atoms with Gasteiger partial charge in [0.1, 0.15) is 12.8 Å². The number of nitrogen functional groups attached to an aromatic ring is 1. The first-order chi connectivity index (χ1) is 20.4. The average Bonchev–Trinajstić information content (AvgIpc) is 3.69. The van der Waals surface area contributed by atoms with Crippen LogP contribution in [0.2, 0.25) is 0 Å². The zero-order chi connectivity index (χ0) is 31.1. The van der Waals surface area contributed by atoms with Crippen LogP contribution in [0, 0.1) is 38.2 Å². The van der Waals surface area contributed by atoms with E-state index < -0.39 is 67.1 Å². The van der Waals surface area contributed by atoms with Crippen molar-refractivity contribution in [2.45, 2.75) is 44.8 Å². The topological polar surface area (TPSA) is 248 Å². The smallest absolute Gasteiger partial charge is 0.450 e. The number of carbonyl (C=O) groups is 2. The molecule has 226 valence electrons. The van der Waals surface area contributed by atoms with Crippen molar-refractivity contribution in [1.82, 2.24) is 19.5 Å². The minimum atomic E-state index is -2.00. The van der Waals surface area contributed by atoms with E-state index in [2.05, 4.69) is 20.9 Å². The first-order valence-corrected chi connectivity index (χ1v) is 12.1. The normalized spacial score (nSPS) is 20.5. The van der Waals surface area contributed by atoms with E-state index in [0.29, 0.717) is 0 Å². The number of hydrogen-bond acceptors (Lipinski definition) is 16. The SMILES string of the molecule is C#C[C@]1(COC(=O)OCc2oc(=O)oc2C)O[C@@H](n2cnc3c(N)nc(F)nc32)C[C@H]1C(OC(=O)O)c1oc(=O)oc1C. The number of nitrogens with two attached hydrogens (primary N) is 1. The van der Waals surface area contributed by atoms with Gasteiger partial charge in [0.2, 0.25) is 0 Å². The molecular formula is C24H20FN5O13. The van der Waals surface area contributed by atoms with Crippen LogP contribution in [0.4, 0.5) is 19.8 Å². The van der Waals surface area contributed by atoms with E-state index in [-0.39, 0.29) is 46.4 Å². The molecule has 0 bridgehead atoms. The number of carbonyl (C=O) groups excluding carboxylic acids is 1. The van der Waals surface area contributed by atoms with Crippen molar-refractivity contribution in [3.05, 3.63) is 56.7 Å². The third-order valence-corrected chi connectivity index (χ3v) is 6.57. The first-order valence-electron chi connectivity index (χ1n) is 12.1. The van der Waals surface area contributed by atoms with Gasteiger partial charge in [-0.05, 0) is 13.8 Å². The summed E-state index contributed by atoms with van der Waals surface area (Å²) in [6.07, 6.45) is -0.175. The second-order valence-corrected chi connectivity index (χ2v) is 9.09. The number of anilines is 1. The van der Waals surface area contributed by atoms with Gasteiger partial charge in [0, 0.05) is 6.42 Å². The third-order valence-electron chi connectivity index (χ3n) is 6.57. The number of imidazole rings is 1. The molecule has 19 heteroatoms. The fraction of sp³-hybridized carbons (Fsp3) is 0.375. The summed E-state index contributed by atoms with van der Waals surface area (Å²) >= 11 is 0. The molecule has 5 heterocycles. The van der Waals surface area contributed by atoms with Crippen LogP contribution in [-0.4, -0.2) is 49.1 Å². The molecule has 1 unspecified atom stereocenters. The predicted molar refractivity (Wildman–Crippen MR) is 131 cm³/mol. The van der Waals surface area contributed by atoms with Crippen LogP contribution in [0.25, 0.3) is 11.2 Å². The molecule has 3 N–H and O–H groups in total. The van der Waals surface area contributed by atoms with E-state index in [1.165, 1.54) is 24.7 Å². The van der Waals surface area contributed by atoms with Crippen LogP contribution < -0.4 is 17.4 Å². The Morgan fingerprint density at radius 3 is 2.56 bits per heavy atom. The Bertz CT molecular complexity index is 1860. The highest BCUT2D eigenvalue weighted by atomic mass is 19.1. The maximum atomic E-state index is 14.1. The first kappa shape index (κ1) is 28.9. The molecule has 18 nitrogen and oxygen atoms in total. The van der Waals surface area contributed by atoms with Gasteiger partial charge in [0.05, 0.1) is 12.2 Å². The van der Waals surface area contributed by atoms with Gasteiger partial charge < -0.3 is 47.5 Å². The molecule has 0 aromatic carbocycles. The molecule has 1 saturated heterocycles. The Kier molecular flexibility index (Phi) is 7.37. The minimum absolute atomic E-state index is 0.0239. The lowest BCUT2D eigenvalue weighted by Gasteiger charge is -2.32. The zero-order valence-electron chi connectivity index (χ0n) is 22.1. The third kappa shape index (κ3) is 5.50. The Morgan fingerprint density at radius 2 is 1.93 bits per heavy atom. The Hall–Kier alpha value is -5.64. The molecule has 0 radical (unpaired) electrons. The molecule has 43 heavy (non-hydrogen) atoms. The predicted octanol–water partition coefficient (Wildman–Crippen LogP) is 1.95. The molecule has 0 spiro atoms. The van der Waals surface area contributed by atoms with Crippen molar-refractivity contribution in [2.75, 3.05) is 12.3 Å². The Morgan fingerprint density at radius 1 is 1.21 bits per heavy atom. The molecule has 1 aliphatic heterocycles. The van der Waals surface area contributed by atoms with Gasteiger partial charge in [0.25, 0.3) is 0 Å². The summed E-state index contributed by atoms with van der Waals surface area (Å²) in [5.74, 6) is -1.78. The molecule has 5 rings (SSSR count). The van der Waals surface area contributed by atoms with Crippen molar-refractivity contribution in [3.63, 3.8) is 0 Å². The lowest BCUT2D eigenvalue weighted by Crippen LogP contribution is -2.43. The van der Waals surface area contributed by atoms with E-state index >= 15 is 0 Å². The van der Waals surface area contributed by atoms with Gasteiger partial charge in [-0.2, -0.15) is 14.4 Å². The van der Waals surface area contributed by atoms with Gasteiger partial charge in [-0.3, -0.25) is 4.57 Å². The average molecular weight is 605 g/mol. The number of ether oxygens (including phenoxy) is 4. The summed E-state index contributed by atoms with van der Waals surface area (Å²) in [5, 5.41) is 9.52. The molecule has 0 saturated carbocycles. The number of fused-ring (bicyclic) bond motifs is 1. The van der Waals surface area contributed by atoms with E-state index in [1.807, 2.05) is 0 Å². The second-order valence-electron chi connectivity index (χ2n) is 9.09. The van der Waals surface area contributed by atoms with E-state index in [9.17, 15) is 28.7 Å². The second kappa shape index (κ2) is 11.0. The van der Waals surface area contributed by atoms with Crippen molar-refractivity contribution in [3.8, 4) is 12.3 Å². The molecule has 4 atom stereocenters. The van der Waals surface area contributed by atoms with E-state index in [1.54, 1.807) is 0 Å². The number of nitrogens with zero attached hydrogens (tertiary/aromatic N) is 4. The van der Waals surface area contributed by atoms with Crippen molar-refractivity contribution >= 4 is 29.3 Å². The number of halogens is 1. The zero-order valence-corrected chi connectivity index (χ0v) is 22.1. The van der Waals surface area contributed by atoms with Crippen molar-refractivity contribution < 1.29 is 55.7 Å². The molecule has 4 aromatic heterocycles. The number of rotatable bonds is 8. The Labute approximate surface area is 237 Å². The van der Waals surface area contributed by atoms with Crippen LogP contribution in [-0.2, 0) is 25.6 Å². The monoisotopic (exact) mass is 605 g/mol. The molecule has 0 amide bonds. The lowest BCUT2D eigenvalue weighted by molar-refractivity contribution is -0.103. The largest absolute Gasteiger partial charge is 0.519 e. The summed E-state index contributed by atoms with van der Waals surface area (Å²) in [6, 6.07) is 0. The number of terminal acetylenes is 1. The summed E-state index contributed by atoms with van der Waals surface area (Å²) in [7, 11) is 0. The highest BCUT2D eigenvalue weighted by Crippen LogP contribution is 2.50. The molecule has 1 aliphatic rings. The standard InChI is InChI=1S/C24H20FN5O13/c1-4-24(7-37-21(33)36-6-12-9(2)38-22(34)40-12)11(16(41-20(31)32)15-10(3)39-23(35)42-15)5-13(43-24)30-8-27-14-17(26)28-19(25)29-18(14)30/h1,8,11,13,16H,5-7H2,2-3H3,(H,31,32)(H2,26,28,29)/t11-,13+,16?,24+/m0/s1. The molecule has 4 aromatic rings. The fourth-order valence-corrected chi connectivity index (χ4v) is 4.65. The van der Waals surface area contributed by atoms with Gasteiger partial charge in [-0.15, -0.1) is 6.42 Å². The quantitative estimate of drug-likeness (QED) is 0.165. The fourth-order valence-electron chi connectivity index (χ4n) is 4.65. The van der Waals surface area contributed by atoms with Crippen molar-refractivity contribution in [1.29, 1.82) is 0 Å². The number of hydrogen-bond donors (Lipinski definition) is 2. The number of aryl methyl sites for hydroxylation is 2. The van der Waals surface area contributed by atoms with Crippen molar-refractivity contribution in [2.24, 2.45) is 5.92 Å². The van der Waals surface area contributed by atoms with Gasteiger partial charge in [-0.1, -0.05) is 5.92 Å². The number of carboxylic acid groups (broad SMARTS) is 1. The van der Waals surface area contributed by atoms with E-state index in [4.69, 9.17) is 48.8 Å². The summed E-state index contributed by atoms with van der Waals surface area (Å²) in [4.78, 5) is 58.5. The van der Waals surface area contributed by atoms with Crippen LogP contribution in [0.5, 0.6) is 0 Å². The van der Waals surface area contributed by atoms with Crippen LogP contribution in [0.15, 0.2) is 33.6 Å². The van der Waals surface area contributed by atoms with Gasteiger partial charge in [-0.25, -0.2) is 24.2 Å². The summed E-state index contributed by atoms with van der Waals surface area (Å²) in [6.45, 7) is 1.42. The summed E-state index contributed by atoms with van der Waals surface area (Å²) < 4.78 is 56.1. The maximum Gasteiger partial charge on any atom is 0.519 e. The summed E-state index contributed by atoms with van der Waals surface area (Å²) in [5.41, 5.74) is 3.68. The minimum Gasteiger partial charge on any atom is -0.450 e. The lowest BCUT2D eigenvalue weighted by atomic mass is 9.82. The Balaban J connectivity index is 1.50.